The maximum Gasteiger partial charge on any atom is 0.143 e. The lowest BCUT2D eigenvalue weighted by Crippen LogP contribution is -1.98. The third kappa shape index (κ3) is 2.99. The second kappa shape index (κ2) is 6.47. The van der Waals surface area contributed by atoms with Crippen molar-refractivity contribution in [3.63, 3.8) is 0 Å². The highest BCUT2D eigenvalue weighted by Crippen LogP contribution is 2.38. The molecule has 0 saturated heterocycles. The lowest BCUT2D eigenvalue weighted by atomic mass is 10.1. The van der Waals surface area contributed by atoms with Crippen molar-refractivity contribution in [1.82, 2.24) is 9.97 Å². The van der Waals surface area contributed by atoms with Gasteiger partial charge in [0.2, 0.25) is 0 Å². The van der Waals surface area contributed by atoms with E-state index < -0.39 is 0 Å². The molecule has 0 spiro atoms. The molecular weight excluding hydrogens is 350 g/mol. The molecule has 2 aromatic heterocycles. The van der Waals surface area contributed by atoms with Crippen LogP contribution in [0.5, 0.6) is 0 Å². The first kappa shape index (κ1) is 16.1. The smallest absolute Gasteiger partial charge is 0.143 e. The highest BCUT2D eigenvalue weighted by atomic mass is 35.5. The number of anilines is 2. The summed E-state index contributed by atoms with van der Waals surface area (Å²) in [6.45, 7) is 4.23. The number of benzene rings is 2. The van der Waals surface area contributed by atoms with Gasteiger partial charge in [0, 0.05) is 21.7 Å². The average Bonchev–Trinajstić information content (AvgIpc) is 3.05. The molecule has 3 nitrogen and oxygen atoms in total. The van der Waals surface area contributed by atoms with Crippen LogP contribution in [0.2, 0.25) is 5.02 Å². The van der Waals surface area contributed by atoms with Crippen LogP contribution in [0.15, 0.2) is 54.2 Å². The van der Waals surface area contributed by atoms with E-state index in [2.05, 4.69) is 52.7 Å². The van der Waals surface area contributed by atoms with Crippen molar-refractivity contribution < 1.29 is 0 Å². The average molecular weight is 366 g/mol. The van der Waals surface area contributed by atoms with Crippen LogP contribution in [0.4, 0.5) is 11.5 Å². The summed E-state index contributed by atoms with van der Waals surface area (Å²) in [5, 5.41) is 7.38. The number of rotatable bonds is 3. The monoisotopic (exact) mass is 365 g/mol. The quantitative estimate of drug-likeness (QED) is 0.458. The Morgan fingerprint density at radius 2 is 1.80 bits per heavy atom. The molecule has 0 aliphatic rings. The SMILES string of the molecule is Cc1cccc(Nc2ncnc3scc(-c4ccc(Cl)cc4)c23)c1C. The third-order valence-electron chi connectivity index (χ3n) is 4.38. The number of thiophene rings is 1. The van der Waals surface area contributed by atoms with Gasteiger partial charge < -0.3 is 5.32 Å². The zero-order valence-electron chi connectivity index (χ0n) is 13.9. The van der Waals surface area contributed by atoms with Gasteiger partial charge in [0.25, 0.3) is 0 Å². The molecule has 0 fully saturated rings. The number of aromatic nitrogens is 2. The Morgan fingerprint density at radius 1 is 1.00 bits per heavy atom. The molecule has 5 heteroatoms. The molecule has 0 atom stereocenters. The van der Waals surface area contributed by atoms with Crippen molar-refractivity contribution >= 4 is 44.7 Å². The molecule has 2 heterocycles. The highest BCUT2D eigenvalue weighted by molar-refractivity contribution is 7.17. The molecule has 0 aliphatic heterocycles. The first-order valence-corrected chi connectivity index (χ1v) is 9.20. The first-order valence-electron chi connectivity index (χ1n) is 7.95. The Balaban J connectivity index is 1.86. The van der Waals surface area contributed by atoms with Crippen molar-refractivity contribution in [3.8, 4) is 11.1 Å². The van der Waals surface area contributed by atoms with Gasteiger partial charge in [-0.2, -0.15) is 0 Å². The second-order valence-electron chi connectivity index (χ2n) is 5.93. The van der Waals surface area contributed by atoms with E-state index in [0.717, 1.165) is 37.9 Å². The fourth-order valence-electron chi connectivity index (χ4n) is 2.83. The lowest BCUT2D eigenvalue weighted by molar-refractivity contribution is 1.22. The van der Waals surface area contributed by atoms with E-state index in [1.807, 2.05) is 24.3 Å². The van der Waals surface area contributed by atoms with Gasteiger partial charge >= 0.3 is 0 Å². The zero-order chi connectivity index (χ0) is 17.4. The normalized spacial score (nSPS) is 11.0. The maximum atomic E-state index is 6.03. The van der Waals surface area contributed by atoms with Gasteiger partial charge in [-0.05, 0) is 48.7 Å². The van der Waals surface area contributed by atoms with E-state index in [0.29, 0.717) is 0 Å². The van der Waals surface area contributed by atoms with E-state index in [1.54, 1.807) is 17.7 Å². The van der Waals surface area contributed by atoms with Crippen LogP contribution in [0, 0.1) is 13.8 Å². The molecule has 4 aromatic rings. The molecule has 2 aromatic carbocycles. The zero-order valence-corrected chi connectivity index (χ0v) is 15.4. The summed E-state index contributed by atoms with van der Waals surface area (Å²) in [4.78, 5) is 9.90. The predicted octanol–water partition coefficient (Wildman–Crippen LogP) is 6.37. The van der Waals surface area contributed by atoms with Crippen molar-refractivity contribution in [2.75, 3.05) is 5.32 Å². The van der Waals surface area contributed by atoms with E-state index in [4.69, 9.17) is 11.6 Å². The topological polar surface area (TPSA) is 37.8 Å². The van der Waals surface area contributed by atoms with Crippen molar-refractivity contribution in [2.24, 2.45) is 0 Å². The van der Waals surface area contributed by atoms with Gasteiger partial charge in [-0.15, -0.1) is 11.3 Å². The Morgan fingerprint density at radius 3 is 2.60 bits per heavy atom. The maximum absolute atomic E-state index is 6.03. The first-order chi connectivity index (χ1) is 12.1. The van der Waals surface area contributed by atoms with Gasteiger partial charge in [0.05, 0.1) is 5.39 Å². The lowest BCUT2D eigenvalue weighted by Gasteiger charge is -2.12. The molecule has 0 unspecified atom stereocenters. The number of aryl methyl sites for hydroxylation is 1. The Bertz CT molecular complexity index is 1050. The van der Waals surface area contributed by atoms with Crippen molar-refractivity contribution in [2.45, 2.75) is 13.8 Å². The van der Waals surface area contributed by atoms with Crippen LogP contribution < -0.4 is 5.32 Å². The molecule has 4 rings (SSSR count). The largest absolute Gasteiger partial charge is 0.339 e. The fraction of sp³-hybridized carbons (Fsp3) is 0.100. The van der Waals surface area contributed by atoms with Gasteiger partial charge in [-0.1, -0.05) is 35.9 Å². The molecule has 1 N–H and O–H groups in total. The Kier molecular flexibility index (Phi) is 4.15. The summed E-state index contributed by atoms with van der Waals surface area (Å²) in [5.41, 5.74) is 5.75. The Labute approximate surface area is 155 Å². The summed E-state index contributed by atoms with van der Waals surface area (Å²) in [5.74, 6) is 0.824. The molecule has 25 heavy (non-hydrogen) atoms. The number of halogens is 1. The molecule has 0 bridgehead atoms. The minimum Gasteiger partial charge on any atom is -0.339 e. The van der Waals surface area contributed by atoms with Crippen LogP contribution in [0.3, 0.4) is 0 Å². The molecule has 124 valence electrons. The van der Waals surface area contributed by atoms with Crippen LogP contribution in [0.1, 0.15) is 11.1 Å². The van der Waals surface area contributed by atoms with Gasteiger partial charge in [0.1, 0.15) is 17.0 Å². The number of nitrogens with zero attached hydrogens (tertiary/aromatic N) is 2. The molecule has 0 saturated carbocycles. The van der Waals surface area contributed by atoms with Crippen LogP contribution in [-0.2, 0) is 0 Å². The van der Waals surface area contributed by atoms with Gasteiger partial charge in [-0.25, -0.2) is 9.97 Å². The minimum atomic E-state index is 0.730. The van der Waals surface area contributed by atoms with Gasteiger partial charge in [0.15, 0.2) is 0 Å². The van der Waals surface area contributed by atoms with Gasteiger partial charge in [-0.3, -0.25) is 0 Å². The van der Waals surface area contributed by atoms with Crippen LogP contribution >= 0.6 is 22.9 Å². The number of fused-ring (bicyclic) bond motifs is 1. The number of hydrogen-bond donors (Lipinski definition) is 1. The van der Waals surface area contributed by atoms with E-state index in [-0.39, 0.29) is 0 Å². The number of nitrogens with one attached hydrogen (secondary N) is 1. The van der Waals surface area contributed by atoms with Crippen molar-refractivity contribution in [3.05, 3.63) is 70.3 Å². The molecule has 0 amide bonds. The fourth-order valence-corrected chi connectivity index (χ4v) is 3.87. The highest BCUT2D eigenvalue weighted by Gasteiger charge is 2.14. The van der Waals surface area contributed by atoms with E-state index >= 15 is 0 Å². The summed E-state index contributed by atoms with van der Waals surface area (Å²) in [6, 6.07) is 14.1. The molecule has 0 aliphatic carbocycles. The second-order valence-corrected chi connectivity index (χ2v) is 7.23. The summed E-state index contributed by atoms with van der Waals surface area (Å²) in [7, 11) is 0. The van der Waals surface area contributed by atoms with Crippen molar-refractivity contribution in [1.29, 1.82) is 0 Å². The van der Waals surface area contributed by atoms with Crippen LogP contribution in [0.25, 0.3) is 21.3 Å². The summed E-state index contributed by atoms with van der Waals surface area (Å²) < 4.78 is 0. The third-order valence-corrected chi connectivity index (χ3v) is 5.52. The van der Waals surface area contributed by atoms with E-state index in [9.17, 15) is 0 Å². The van der Waals surface area contributed by atoms with E-state index in [1.165, 1.54) is 11.1 Å². The standard InChI is InChI=1S/C20H16ClN3S/c1-12-4-3-5-17(13(12)2)24-19-18-16(10-25-20(18)23-11-22-19)14-6-8-15(21)9-7-14/h3-11H,1-2H3,(H,22,23,24). The molecular formula is C20H16ClN3S. The summed E-state index contributed by atoms with van der Waals surface area (Å²) >= 11 is 7.65. The minimum absolute atomic E-state index is 0.730. The predicted molar refractivity (Wildman–Crippen MR) is 107 cm³/mol. The Hall–Kier alpha value is -2.43. The van der Waals surface area contributed by atoms with Crippen LogP contribution in [-0.4, -0.2) is 9.97 Å². The molecule has 0 radical (unpaired) electrons. The summed E-state index contributed by atoms with van der Waals surface area (Å²) in [6.07, 6.45) is 1.61. The number of hydrogen-bond acceptors (Lipinski definition) is 4.